The SMILES string of the molecule is CC(C)(C)[Si](OC(=O)N[C@@H](Cc1ccccc1)C(=O)OCc1ccccc1)(C1CCCCC1)C(C)(C)C. The minimum absolute atomic E-state index is 0.159. The van der Waals surface area contributed by atoms with Crippen molar-refractivity contribution in [3.05, 3.63) is 71.8 Å². The number of benzene rings is 2. The Hall–Kier alpha value is -2.60. The van der Waals surface area contributed by atoms with Gasteiger partial charge in [0.15, 0.2) is 0 Å². The third-order valence-corrected chi connectivity index (χ3v) is 14.4. The van der Waals surface area contributed by atoms with Crippen molar-refractivity contribution >= 4 is 20.4 Å². The molecule has 3 rings (SSSR count). The van der Waals surface area contributed by atoms with Gasteiger partial charge in [-0.05, 0) is 39.6 Å². The van der Waals surface area contributed by atoms with E-state index in [0.717, 1.165) is 24.0 Å². The monoisotopic (exact) mass is 523 g/mol. The van der Waals surface area contributed by atoms with E-state index in [4.69, 9.17) is 9.16 Å². The van der Waals surface area contributed by atoms with Crippen molar-refractivity contribution < 1.29 is 18.8 Å². The van der Waals surface area contributed by atoms with Gasteiger partial charge in [-0.25, -0.2) is 9.59 Å². The van der Waals surface area contributed by atoms with Gasteiger partial charge in [0.05, 0.1) is 0 Å². The topological polar surface area (TPSA) is 64.6 Å². The van der Waals surface area contributed by atoms with Gasteiger partial charge < -0.3 is 14.5 Å². The molecular weight excluding hydrogens is 478 g/mol. The van der Waals surface area contributed by atoms with E-state index in [-0.39, 0.29) is 16.7 Å². The van der Waals surface area contributed by atoms with Gasteiger partial charge in [-0.15, -0.1) is 0 Å². The molecule has 6 heteroatoms. The summed E-state index contributed by atoms with van der Waals surface area (Å²) in [6, 6.07) is 18.4. The summed E-state index contributed by atoms with van der Waals surface area (Å²) >= 11 is 0. The Balaban J connectivity index is 1.84. The molecule has 0 aliphatic heterocycles. The summed E-state index contributed by atoms with van der Waals surface area (Å²) in [5.74, 6) is -0.457. The Morgan fingerprint density at radius 2 is 1.35 bits per heavy atom. The van der Waals surface area contributed by atoms with Crippen LogP contribution in [0.3, 0.4) is 0 Å². The van der Waals surface area contributed by atoms with Crippen molar-refractivity contribution in [2.24, 2.45) is 0 Å². The van der Waals surface area contributed by atoms with Gasteiger partial charge in [-0.3, -0.25) is 0 Å². The lowest BCUT2D eigenvalue weighted by Gasteiger charge is -2.54. The van der Waals surface area contributed by atoms with Crippen LogP contribution in [-0.2, 0) is 27.0 Å². The van der Waals surface area contributed by atoms with E-state index >= 15 is 0 Å². The molecule has 37 heavy (non-hydrogen) atoms. The summed E-state index contributed by atoms with van der Waals surface area (Å²) in [4.78, 5) is 26.9. The molecule has 0 radical (unpaired) electrons. The number of rotatable bonds is 8. The van der Waals surface area contributed by atoms with Gasteiger partial charge in [-0.2, -0.15) is 0 Å². The largest absolute Gasteiger partial charge is 0.502 e. The van der Waals surface area contributed by atoms with Crippen molar-refractivity contribution in [2.45, 2.75) is 108 Å². The predicted molar refractivity (Wildman–Crippen MR) is 152 cm³/mol. The van der Waals surface area contributed by atoms with E-state index in [1.807, 2.05) is 60.7 Å². The molecule has 0 bridgehead atoms. The van der Waals surface area contributed by atoms with Gasteiger partial charge >= 0.3 is 12.1 Å². The molecule has 5 nitrogen and oxygen atoms in total. The summed E-state index contributed by atoms with van der Waals surface area (Å²) in [5.41, 5.74) is 2.25. The predicted octanol–water partition coefficient (Wildman–Crippen LogP) is 7.95. The molecule has 1 atom stereocenters. The van der Waals surface area contributed by atoms with Crippen LogP contribution in [0.25, 0.3) is 0 Å². The van der Waals surface area contributed by atoms with E-state index in [2.05, 4.69) is 46.9 Å². The number of hydrogen-bond donors (Lipinski definition) is 1. The van der Waals surface area contributed by atoms with Crippen LogP contribution < -0.4 is 5.32 Å². The quantitative estimate of drug-likeness (QED) is 0.282. The van der Waals surface area contributed by atoms with Gasteiger partial charge in [0.1, 0.15) is 12.6 Å². The van der Waals surface area contributed by atoms with Gasteiger partial charge in [0.25, 0.3) is 8.32 Å². The second kappa shape index (κ2) is 12.3. The standard InChI is InChI=1S/C31H45NO4Si/c1-30(2,3)37(31(4,5)6,26-20-14-9-15-21-26)36-29(34)32-27(22-24-16-10-7-11-17-24)28(33)35-23-25-18-12-8-13-19-25/h7-8,10-13,16-19,26-27H,9,14-15,20-23H2,1-6H3,(H,32,34)/t27-/m0/s1. The molecule has 0 spiro atoms. The molecule has 1 amide bonds. The molecule has 1 fully saturated rings. The first-order chi connectivity index (χ1) is 17.4. The first kappa shape index (κ1) is 29.0. The molecule has 0 unspecified atom stereocenters. The fraction of sp³-hybridized carbons (Fsp3) is 0.548. The zero-order valence-electron chi connectivity index (χ0n) is 23.5. The van der Waals surface area contributed by atoms with Crippen molar-refractivity contribution in [3.8, 4) is 0 Å². The second-order valence-corrected chi connectivity index (χ2v) is 17.9. The van der Waals surface area contributed by atoms with Gasteiger partial charge in [-0.1, -0.05) is 121 Å². The maximum atomic E-state index is 13.7. The van der Waals surface area contributed by atoms with E-state index in [1.54, 1.807) is 0 Å². The zero-order valence-corrected chi connectivity index (χ0v) is 24.5. The number of nitrogens with one attached hydrogen (secondary N) is 1. The van der Waals surface area contributed by atoms with Crippen molar-refractivity contribution in [2.75, 3.05) is 0 Å². The van der Waals surface area contributed by atoms with Gasteiger partial charge in [0.2, 0.25) is 0 Å². The Morgan fingerprint density at radius 1 is 0.838 bits per heavy atom. The summed E-state index contributed by atoms with van der Waals surface area (Å²) < 4.78 is 12.3. The Bertz CT molecular complexity index is 991. The van der Waals surface area contributed by atoms with E-state index in [0.29, 0.717) is 12.0 Å². The Morgan fingerprint density at radius 3 is 1.86 bits per heavy atom. The van der Waals surface area contributed by atoms with E-state index in [9.17, 15) is 9.59 Å². The number of amides is 1. The van der Waals surface area contributed by atoms with Crippen LogP contribution in [0, 0.1) is 0 Å². The third-order valence-electron chi connectivity index (χ3n) is 7.75. The smallest absolute Gasteiger partial charge is 0.394 e. The summed E-state index contributed by atoms with van der Waals surface area (Å²) in [6.07, 6.45) is 5.64. The van der Waals surface area contributed by atoms with E-state index in [1.165, 1.54) is 19.3 Å². The highest BCUT2D eigenvalue weighted by atomic mass is 28.4. The normalized spacial score (nSPS) is 16.1. The molecule has 1 N–H and O–H groups in total. The van der Waals surface area contributed by atoms with Crippen LogP contribution in [0.1, 0.15) is 84.8 Å². The number of esters is 1. The lowest BCUT2D eigenvalue weighted by atomic mass is 10.00. The molecule has 202 valence electrons. The van der Waals surface area contributed by atoms with Crippen LogP contribution >= 0.6 is 0 Å². The Labute approximate surface area is 224 Å². The van der Waals surface area contributed by atoms with Crippen LogP contribution in [0.2, 0.25) is 15.6 Å². The lowest BCUT2D eigenvalue weighted by molar-refractivity contribution is -0.147. The first-order valence-electron chi connectivity index (χ1n) is 13.7. The molecule has 1 saturated carbocycles. The molecule has 2 aromatic carbocycles. The number of hydrogen-bond acceptors (Lipinski definition) is 4. The van der Waals surface area contributed by atoms with Crippen LogP contribution in [-0.4, -0.2) is 26.4 Å². The summed E-state index contributed by atoms with van der Waals surface area (Å²) in [6.45, 7) is 13.5. The number of ether oxygens (including phenoxy) is 1. The second-order valence-electron chi connectivity index (χ2n) is 12.4. The summed E-state index contributed by atoms with van der Waals surface area (Å²) in [5, 5.41) is 2.62. The van der Waals surface area contributed by atoms with Crippen LogP contribution in [0.4, 0.5) is 4.79 Å². The average Bonchev–Trinajstić information content (AvgIpc) is 2.85. The molecule has 0 saturated heterocycles. The molecule has 1 aliphatic carbocycles. The minimum Gasteiger partial charge on any atom is -0.502 e. The minimum atomic E-state index is -2.69. The van der Waals surface area contributed by atoms with Crippen molar-refractivity contribution in [3.63, 3.8) is 0 Å². The average molecular weight is 524 g/mol. The third kappa shape index (κ3) is 7.25. The first-order valence-corrected chi connectivity index (χ1v) is 15.7. The molecule has 2 aromatic rings. The fourth-order valence-corrected chi connectivity index (χ4v) is 13.5. The zero-order chi connectivity index (χ0) is 27.1. The number of carbonyl (C=O) groups is 2. The van der Waals surface area contributed by atoms with Crippen molar-refractivity contribution in [1.82, 2.24) is 5.32 Å². The molecule has 1 aliphatic rings. The highest BCUT2D eigenvalue weighted by molar-refractivity contribution is 6.82. The maximum Gasteiger partial charge on any atom is 0.394 e. The highest BCUT2D eigenvalue weighted by Gasteiger charge is 2.62. The maximum absolute atomic E-state index is 13.7. The fourth-order valence-electron chi connectivity index (χ4n) is 6.44. The summed E-state index contributed by atoms with van der Waals surface area (Å²) in [7, 11) is -2.69. The molecular formula is C31H45NO4Si. The lowest BCUT2D eigenvalue weighted by Crippen LogP contribution is -2.61. The van der Waals surface area contributed by atoms with Gasteiger partial charge in [0, 0.05) is 6.42 Å². The number of carbonyl (C=O) groups excluding carboxylic acids is 2. The highest BCUT2D eigenvalue weighted by Crippen LogP contribution is 2.60. The van der Waals surface area contributed by atoms with Crippen molar-refractivity contribution in [1.29, 1.82) is 0 Å². The van der Waals surface area contributed by atoms with E-state index < -0.39 is 26.4 Å². The van der Waals surface area contributed by atoms with Crippen LogP contribution in [0.5, 0.6) is 0 Å². The molecule has 0 heterocycles. The Kier molecular flexibility index (Phi) is 9.62. The van der Waals surface area contributed by atoms with Crippen LogP contribution in [0.15, 0.2) is 60.7 Å². The molecule has 0 aromatic heterocycles.